The molecule has 4 heteroatoms. The van der Waals surface area contributed by atoms with Crippen LogP contribution in [-0.2, 0) is 0 Å². The van der Waals surface area contributed by atoms with E-state index in [-0.39, 0.29) is 5.91 Å². The fourth-order valence-corrected chi connectivity index (χ4v) is 0.778. The van der Waals surface area contributed by atoms with Crippen LogP contribution in [-0.4, -0.2) is 21.3 Å². The number of carbonyl (C=O) groups is 1. The molecule has 10 heavy (non-hydrogen) atoms. The molecular formula is C6H7ClN2O. The molecule has 0 aliphatic rings. The Balaban J connectivity index is 2.59. The van der Waals surface area contributed by atoms with Gasteiger partial charge in [-0.2, -0.15) is 0 Å². The van der Waals surface area contributed by atoms with E-state index in [1.807, 2.05) is 0 Å². The summed E-state index contributed by atoms with van der Waals surface area (Å²) in [6.07, 6.45) is 4.99. The van der Waals surface area contributed by atoms with Crippen molar-refractivity contribution in [3.8, 4) is 0 Å². The smallest absolute Gasteiger partial charge is 0.233 e. The van der Waals surface area contributed by atoms with Crippen LogP contribution in [0.2, 0.25) is 0 Å². The van der Waals surface area contributed by atoms with Gasteiger partial charge in [0, 0.05) is 24.7 Å². The predicted molar refractivity (Wildman–Crippen MR) is 38.2 cm³/mol. The van der Waals surface area contributed by atoms with Crippen molar-refractivity contribution in [3.63, 3.8) is 0 Å². The Kier molecular flexibility index (Phi) is 2.45. The van der Waals surface area contributed by atoms with Gasteiger partial charge in [-0.05, 0) is 0 Å². The molecule has 0 aliphatic carbocycles. The van der Waals surface area contributed by atoms with Crippen molar-refractivity contribution in [2.24, 2.45) is 0 Å². The molecule has 0 bridgehead atoms. The number of imidazole rings is 1. The Labute approximate surface area is 63.6 Å². The number of halogens is 1. The zero-order valence-corrected chi connectivity index (χ0v) is 6.08. The van der Waals surface area contributed by atoms with E-state index in [0.29, 0.717) is 12.3 Å². The number of alkyl halides is 1. The van der Waals surface area contributed by atoms with Crippen LogP contribution in [0.25, 0.3) is 0 Å². The third-order valence-corrected chi connectivity index (χ3v) is 1.29. The van der Waals surface area contributed by atoms with E-state index < -0.39 is 0 Å². The third kappa shape index (κ3) is 1.57. The first-order valence-corrected chi connectivity index (χ1v) is 3.45. The maximum atomic E-state index is 10.9. The average Bonchev–Trinajstić information content (AvgIpc) is 2.38. The topological polar surface area (TPSA) is 34.9 Å². The third-order valence-electron chi connectivity index (χ3n) is 1.10. The zero-order valence-electron chi connectivity index (χ0n) is 5.33. The summed E-state index contributed by atoms with van der Waals surface area (Å²) in [6.45, 7) is 0. The van der Waals surface area contributed by atoms with E-state index in [4.69, 9.17) is 11.6 Å². The van der Waals surface area contributed by atoms with E-state index in [9.17, 15) is 4.79 Å². The fraction of sp³-hybridized carbons (Fsp3) is 0.333. The number of hydrogen-bond acceptors (Lipinski definition) is 2. The van der Waals surface area contributed by atoms with Crippen LogP contribution < -0.4 is 0 Å². The van der Waals surface area contributed by atoms with Crippen LogP contribution in [0.4, 0.5) is 0 Å². The highest BCUT2D eigenvalue weighted by Crippen LogP contribution is 1.92. The molecule has 0 fully saturated rings. The summed E-state index contributed by atoms with van der Waals surface area (Å²) in [6, 6.07) is 0. The number of hydrogen-bond donors (Lipinski definition) is 0. The first-order chi connectivity index (χ1) is 4.84. The van der Waals surface area contributed by atoms with Gasteiger partial charge >= 0.3 is 0 Å². The van der Waals surface area contributed by atoms with Crippen molar-refractivity contribution in [1.29, 1.82) is 0 Å². The number of aromatic nitrogens is 2. The van der Waals surface area contributed by atoms with Crippen LogP contribution >= 0.6 is 11.6 Å². The minimum atomic E-state index is -0.0208. The van der Waals surface area contributed by atoms with Gasteiger partial charge in [0.05, 0.1) is 0 Å². The van der Waals surface area contributed by atoms with Crippen LogP contribution in [0, 0.1) is 0 Å². The molecule has 1 heterocycles. The Morgan fingerprint density at radius 2 is 2.50 bits per heavy atom. The normalized spacial score (nSPS) is 9.70. The Hall–Kier alpha value is -0.830. The van der Waals surface area contributed by atoms with E-state index in [1.165, 1.54) is 10.9 Å². The highest BCUT2D eigenvalue weighted by Gasteiger charge is 2.00. The maximum Gasteiger partial charge on any atom is 0.233 e. The van der Waals surface area contributed by atoms with E-state index in [2.05, 4.69) is 4.98 Å². The molecule has 0 amide bonds. The molecule has 3 nitrogen and oxygen atoms in total. The molecule has 1 rings (SSSR count). The average molecular weight is 159 g/mol. The molecule has 0 atom stereocenters. The predicted octanol–water partition coefficient (Wildman–Crippen LogP) is 1.15. The molecule has 0 saturated heterocycles. The molecule has 0 radical (unpaired) electrons. The summed E-state index contributed by atoms with van der Waals surface area (Å²) in [5.41, 5.74) is 0. The van der Waals surface area contributed by atoms with Crippen molar-refractivity contribution in [1.82, 2.24) is 9.55 Å². The Bertz CT molecular complexity index is 208. The fourth-order valence-electron chi connectivity index (χ4n) is 0.617. The number of rotatable bonds is 2. The van der Waals surface area contributed by atoms with Crippen LogP contribution in [0.5, 0.6) is 0 Å². The lowest BCUT2D eigenvalue weighted by Gasteiger charge is -1.94. The van der Waals surface area contributed by atoms with Crippen LogP contribution in [0.3, 0.4) is 0 Å². The largest absolute Gasteiger partial charge is 0.276 e. The van der Waals surface area contributed by atoms with Gasteiger partial charge in [-0.25, -0.2) is 4.98 Å². The summed E-state index contributed by atoms with van der Waals surface area (Å²) in [4.78, 5) is 14.7. The monoisotopic (exact) mass is 158 g/mol. The molecule has 0 saturated carbocycles. The van der Waals surface area contributed by atoms with E-state index >= 15 is 0 Å². The van der Waals surface area contributed by atoms with Gasteiger partial charge in [-0.1, -0.05) is 0 Å². The van der Waals surface area contributed by atoms with Gasteiger partial charge in [0.15, 0.2) is 0 Å². The maximum absolute atomic E-state index is 10.9. The molecule has 54 valence electrons. The Morgan fingerprint density at radius 1 is 1.70 bits per heavy atom. The lowest BCUT2D eigenvalue weighted by Crippen LogP contribution is -2.07. The van der Waals surface area contributed by atoms with Gasteiger partial charge in [-0.15, -0.1) is 11.6 Å². The van der Waals surface area contributed by atoms with Crippen LogP contribution in [0.15, 0.2) is 18.7 Å². The van der Waals surface area contributed by atoms with Gasteiger partial charge in [0.2, 0.25) is 5.91 Å². The number of nitrogens with zero attached hydrogens (tertiary/aromatic N) is 2. The first kappa shape index (κ1) is 7.28. The first-order valence-electron chi connectivity index (χ1n) is 2.91. The van der Waals surface area contributed by atoms with Crippen molar-refractivity contribution >= 4 is 17.5 Å². The second kappa shape index (κ2) is 3.37. The van der Waals surface area contributed by atoms with Gasteiger partial charge in [0.25, 0.3) is 0 Å². The second-order valence-corrected chi connectivity index (χ2v) is 2.18. The minimum absolute atomic E-state index is 0.0208. The Morgan fingerprint density at radius 3 is 3.00 bits per heavy atom. The van der Waals surface area contributed by atoms with E-state index in [0.717, 1.165) is 0 Å². The van der Waals surface area contributed by atoms with Gasteiger partial charge < -0.3 is 0 Å². The molecule has 0 aromatic carbocycles. The minimum Gasteiger partial charge on any atom is -0.276 e. The van der Waals surface area contributed by atoms with Crippen molar-refractivity contribution in [3.05, 3.63) is 18.7 Å². The lowest BCUT2D eigenvalue weighted by atomic mass is 10.4. The van der Waals surface area contributed by atoms with Crippen molar-refractivity contribution in [2.45, 2.75) is 6.42 Å². The molecule has 0 unspecified atom stereocenters. The highest BCUT2D eigenvalue weighted by molar-refractivity contribution is 6.18. The van der Waals surface area contributed by atoms with Crippen molar-refractivity contribution in [2.75, 3.05) is 5.88 Å². The second-order valence-electron chi connectivity index (χ2n) is 1.80. The quantitative estimate of drug-likeness (QED) is 0.606. The summed E-state index contributed by atoms with van der Waals surface area (Å²) in [7, 11) is 0. The zero-order chi connectivity index (χ0) is 7.40. The highest BCUT2D eigenvalue weighted by atomic mass is 35.5. The van der Waals surface area contributed by atoms with Gasteiger partial charge in [0.1, 0.15) is 6.33 Å². The van der Waals surface area contributed by atoms with E-state index in [1.54, 1.807) is 12.4 Å². The molecule has 0 N–H and O–H groups in total. The van der Waals surface area contributed by atoms with Crippen LogP contribution in [0.1, 0.15) is 11.2 Å². The molecule has 1 aromatic heterocycles. The molecular weight excluding hydrogens is 152 g/mol. The lowest BCUT2D eigenvalue weighted by molar-refractivity contribution is 0.0910. The summed E-state index contributed by atoms with van der Waals surface area (Å²) in [5.74, 6) is 0.337. The number of carbonyl (C=O) groups excluding carboxylic acids is 1. The molecule has 0 spiro atoms. The summed E-state index contributed by atoms with van der Waals surface area (Å²) < 4.78 is 1.42. The standard InChI is InChI=1S/C6H7ClN2O/c7-2-1-6(10)9-4-3-8-5-9/h3-5H,1-2H2. The summed E-state index contributed by atoms with van der Waals surface area (Å²) in [5, 5.41) is 0. The summed E-state index contributed by atoms with van der Waals surface area (Å²) >= 11 is 5.36. The van der Waals surface area contributed by atoms with Crippen molar-refractivity contribution < 1.29 is 4.79 Å². The molecule has 1 aromatic rings. The SMILES string of the molecule is O=C(CCCl)n1ccnc1. The molecule has 0 aliphatic heterocycles. The van der Waals surface area contributed by atoms with Gasteiger partial charge in [-0.3, -0.25) is 9.36 Å².